The fraction of sp³-hybridized carbons (Fsp3) is 0.500. The number of nitrogens with zero attached hydrogens (tertiary/aromatic N) is 3. The zero-order valence-electron chi connectivity index (χ0n) is 12.9. The highest BCUT2D eigenvalue weighted by atomic mass is 19.3. The Bertz CT molecular complexity index is 481. The van der Waals surface area contributed by atoms with E-state index in [2.05, 4.69) is 9.73 Å². The van der Waals surface area contributed by atoms with Crippen LogP contribution in [0.25, 0.3) is 0 Å². The first-order chi connectivity index (χ1) is 9.85. The number of hydrogen-bond acceptors (Lipinski definition) is 3. The number of ether oxygens (including phenoxy) is 2. The van der Waals surface area contributed by atoms with Crippen molar-refractivity contribution in [2.24, 2.45) is 4.99 Å². The van der Waals surface area contributed by atoms with Crippen LogP contribution in [0, 0.1) is 0 Å². The van der Waals surface area contributed by atoms with Crippen LogP contribution in [-0.4, -0.2) is 57.7 Å². The molecule has 7 heteroatoms. The Balaban J connectivity index is 3.03. The minimum Gasteiger partial charge on any atom is -0.497 e. The molecular formula is C14H21F2N3O2. The van der Waals surface area contributed by atoms with Gasteiger partial charge in [-0.3, -0.25) is 0 Å². The molecule has 0 saturated heterocycles. The van der Waals surface area contributed by atoms with Gasteiger partial charge in [0, 0.05) is 39.8 Å². The first-order valence-corrected chi connectivity index (χ1v) is 6.36. The lowest BCUT2D eigenvalue weighted by atomic mass is 10.2. The summed E-state index contributed by atoms with van der Waals surface area (Å²) in [6, 6.07) is 4.79. The number of guanidine groups is 1. The van der Waals surface area contributed by atoms with Crippen LogP contribution >= 0.6 is 0 Å². The molecule has 0 atom stereocenters. The van der Waals surface area contributed by atoms with Gasteiger partial charge in [0.2, 0.25) is 0 Å². The van der Waals surface area contributed by atoms with Gasteiger partial charge in [0.15, 0.2) is 5.96 Å². The molecule has 0 aliphatic rings. The maximum absolute atomic E-state index is 12.5. The summed E-state index contributed by atoms with van der Waals surface area (Å²) in [5, 5.41) is 0. The van der Waals surface area contributed by atoms with E-state index in [0.29, 0.717) is 11.3 Å². The van der Waals surface area contributed by atoms with Gasteiger partial charge < -0.3 is 19.3 Å². The molecular weight excluding hydrogens is 280 g/mol. The Labute approximate surface area is 123 Å². The average molecular weight is 301 g/mol. The summed E-state index contributed by atoms with van der Waals surface area (Å²) in [5.41, 5.74) is 0.567. The molecule has 0 aromatic heterocycles. The third-order valence-corrected chi connectivity index (χ3v) is 2.68. The molecule has 118 valence electrons. The second-order valence-electron chi connectivity index (χ2n) is 4.76. The summed E-state index contributed by atoms with van der Waals surface area (Å²) >= 11 is 0. The van der Waals surface area contributed by atoms with Crippen molar-refractivity contribution in [3.05, 3.63) is 23.8 Å². The molecule has 5 nitrogen and oxygen atoms in total. The number of benzene rings is 1. The lowest BCUT2D eigenvalue weighted by Crippen LogP contribution is -2.35. The molecule has 1 aromatic rings. The van der Waals surface area contributed by atoms with Crippen molar-refractivity contribution in [3.63, 3.8) is 0 Å². The summed E-state index contributed by atoms with van der Waals surface area (Å²) in [7, 11) is 8.93. The SMILES string of the molecule is COc1ccc(CN=C(N(C)C)N(C)C)c(OC(F)F)c1. The van der Waals surface area contributed by atoms with Gasteiger partial charge in [-0.2, -0.15) is 8.78 Å². The fourth-order valence-electron chi connectivity index (χ4n) is 1.84. The van der Waals surface area contributed by atoms with Crippen LogP contribution in [0.5, 0.6) is 11.5 Å². The quantitative estimate of drug-likeness (QED) is 0.617. The summed E-state index contributed by atoms with van der Waals surface area (Å²) < 4.78 is 34.5. The molecule has 0 N–H and O–H groups in total. The van der Waals surface area contributed by atoms with Crippen molar-refractivity contribution in [3.8, 4) is 11.5 Å². The molecule has 0 aliphatic carbocycles. The third kappa shape index (κ3) is 5.09. The zero-order chi connectivity index (χ0) is 16.0. The molecule has 0 heterocycles. The van der Waals surface area contributed by atoms with Crippen molar-refractivity contribution in [2.75, 3.05) is 35.3 Å². The van der Waals surface area contributed by atoms with Gasteiger partial charge in [-0.05, 0) is 12.1 Å². The van der Waals surface area contributed by atoms with Crippen LogP contribution < -0.4 is 9.47 Å². The van der Waals surface area contributed by atoms with E-state index in [1.807, 2.05) is 38.0 Å². The highest BCUT2D eigenvalue weighted by molar-refractivity contribution is 5.79. The van der Waals surface area contributed by atoms with Crippen LogP contribution in [0.15, 0.2) is 23.2 Å². The lowest BCUT2D eigenvalue weighted by molar-refractivity contribution is -0.0505. The predicted molar refractivity (Wildman–Crippen MR) is 78.1 cm³/mol. The Kier molecular flexibility index (Phi) is 6.20. The van der Waals surface area contributed by atoms with Crippen molar-refractivity contribution in [1.29, 1.82) is 0 Å². The van der Waals surface area contributed by atoms with Crippen molar-refractivity contribution < 1.29 is 18.3 Å². The van der Waals surface area contributed by atoms with E-state index in [9.17, 15) is 8.78 Å². The highest BCUT2D eigenvalue weighted by Crippen LogP contribution is 2.27. The summed E-state index contributed by atoms with van der Waals surface area (Å²) in [4.78, 5) is 8.11. The van der Waals surface area contributed by atoms with E-state index < -0.39 is 6.61 Å². The van der Waals surface area contributed by atoms with Gasteiger partial charge in [-0.25, -0.2) is 4.99 Å². The first-order valence-electron chi connectivity index (χ1n) is 6.36. The molecule has 21 heavy (non-hydrogen) atoms. The van der Waals surface area contributed by atoms with Gasteiger partial charge in [0.05, 0.1) is 13.7 Å². The number of alkyl halides is 2. The molecule has 1 rings (SSSR count). The van der Waals surface area contributed by atoms with E-state index in [1.54, 1.807) is 12.1 Å². The van der Waals surface area contributed by atoms with Crippen LogP contribution in [0.4, 0.5) is 8.78 Å². The predicted octanol–water partition coefficient (Wildman–Crippen LogP) is 2.28. The van der Waals surface area contributed by atoms with E-state index in [0.717, 1.165) is 5.96 Å². The minimum atomic E-state index is -2.89. The molecule has 0 unspecified atom stereocenters. The second kappa shape index (κ2) is 7.66. The number of aliphatic imine (C=N–C) groups is 1. The third-order valence-electron chi connectivity index (χ3n) is 2.68. The molecule has 0 spiro atoms. The van der Waals surface area contributed by atoms with Crippen LogP contribution in [0.1, 0.15) is 5.56 Å². The lowest BCUT2D eigenvalue weighted by Gasteiger charge is -2.22. The van der Waals surface area contributed by atoms with Crippen LogP contribution in [0.3, 0.4) is 0 Å². The molecule has 0 amide bonds. The van der Waals surface area contributed by atoms with Gasteiger partial charge in [-0.15, -0.1) is 0 Å². The van der Waals surface area contributed by atoms with E-state index in [-0.39, 0.29) is 12.3 Å². The molecule has 0 aliphatic heterocycles. The Morgan fingerprint density at radius 1 is 1.19 bits per heavy atom. The number of methoxy groups -OCH3 is 1. The normalized spacial score (nSPS) is 10.3. The van der Waals surface area contributed by atoms with Crippen LogP contribution in [-0.2, 0) is 6.54 Å². The standard InChI is InChI=1S/C14H21F2N3O2/c1-18(2)14(19(3)4)17-9-10-6-7-11(20-5)8-12(10)21-13(15)16/h6-8,13H,9H2,1-5H3. The van der Waals surface area contributed by atoms with E-state index in [1.165, 1.54) is 13.2 Å². The smallest absolute Gasteiger partial charge is 0.387 e. The molecule has 0 saturated carbocycles. The van der Waals surface area contributed by atoms with E-state index >= 15 is 0 Å². The zero-order valence-corrected chi connectivity index (χ0v) is 12.9. The molecule has 0 fully saturated rings. The minimum absolute atomic E-state index is 0.0740. The van der Waals surface area contributed by atoms with Gasteiger partial charge >= 0.3 is 6.61 Å². The second-order valence-corrected chi connectivity index (χ2v) is 4.76. The summed E-state index contributed by atoms with van der Waals surface area (Å²) in [6.45, 7) is -2.65. The maximum Gasteiger partial charge on any atom is 0.387 e. The van der Waals surface area contributed by atoms with Gasteiger partial charge in [0.25, 0.3) is 0 Å². The highest BCUT2D eigenvalue weighted by Gasteiger charge is 2.12. The fourth-order valence-corrected chi connectivity index (χ4v) is 1.84. The Hall–Kier alpha value is -2.05. The van der Waals surface area contributed by atoms with E-state index in [4.69, 9.17) is 4.74 Å². The van der Waals surface area contributed by atoms with Crippen LogP contribution in [0.2, 0.25) is 0 Å². The first kappa shape index (κ1) is 17.0. The molecule has 0 bridgehead atoms. The molecule has 1 aromatic carbocycles. The summed E-state index contributed by atoms with van der Waals surface area (Å²) in [6.07, 6.45) is 0. The summed E-state index contributed by atoms with van der Waals surface area (Å²) in [5.74, 6) is 1.26. The average Bonchev–Trinajstić information content (AvgIpc) is 2.38. The monoisotopic (exact) mass is 301 g/mol. The van der Waals surface area contributed by atoms with Crippen molar-refractivity contribution in [2.45, 2.75) is 13.2 Å². The van der Waals surface area contributed by atoms with Crippen molar-refractivity contribution >= 4 is 5.96 Å². The number of rotatable bonds is 5. The number of hydrogen-bond donors (Lipinski definition) is 0. The molecule has 0 radical (unpaired) electrons. The topological polar surface area (TPSA) is 37.3 Å². The Morgan fingerprint density at radius 3 is 2.29 bits per heavy atom. The van der Waals surface area contributed by atoms with Gasteiger partial charge in [-0.1, -0.05) is 0 Å². The maximum atomic E-state index is 12.5. The largest absolute Gasteiger partial charge is 0.497 e. The Morgan fingerprint density at radius 2 is 1.81 bits per heavy atom. The van der Waals surface area contributed by atoms with Gasteiger partial charge in [0.1, 0.15) is 11.5 Å². The number of halogens is 2. The van der Waals surface area contributed by atoms with Crippen molar-refractivity contribution in [1.82, 2.24) is 9.80 Å².